The normalized spacial score (nSPS) is 20.0. The largest absolute Gasteiger partial charge is 0.497 e. The van der Waals surface area contributed by atoms with E-state index < -0.39 is 4.75 Å². The van der Waals surface area contributed by atoms with Crippen LogP contribution in [0, 0.1) is 0 Å². The van der Waals surface area contributed by atoms with Crippen molar-refractivity contribution in [3.05, 3.63) is 53.6 Å². The minimum atomic E-state index is -0.647. The standard InChI is InChI=1S/C19H21NO3S/c1-13(21)19(15-4-6-16(22-2)7-5-15)12-20-11-14-10-17(23-3)8-9-18(14)24-19/h4-10,20H,11-12H2,1-3H3. The maximum Gasteiger partial charge on any atom is 0.151 e. The van der Waals surface area contributed by atoms with Gasteiger partial charge in [-0.25, -0.2) is 0 Å². The van der Waals surface area contributed by atoms with Crippen LogP contribution in [0.3, 0.4) is 0 Å². The molecule has 0 saturated carbocycles. The van der Waals surface area contributed by atoms with Gasteiger partial charge in [0.15, 0.2) is 5.78 Å². The van der Waals surface area contributed by atoms with Crippen LogP contribution in [0.4, 0.5) is 0 Å². The summed E-state index contributed by atoms with van der Waals surface area (Å²) in [5, 5.41) is 3.43. The van der Waals surface area contributed by atoms with Crippen molar-refractivity contribution >= 4 is 17.5 Å². The summed E-state index contributed by atoms with van der Waals surface area (Å²) >= 11 is 1.61. The highest BCUT2D eigenvalue weighted by atomic mass is 32.2. The Morgan fingerprint density at radius 1 is 1.08 bits per heavy atom. The van der Waals surface area contributed by atoms with Crippen LogP contribution in [0.5, 0.6) is 11.5 Å². The molecule has 1 heterocycles. The molecule has 1 aliphatic rings. The maximum atomic E-state index is 12.6. The molecular formula is C19H21NO3S. The van der Waals surface area contributed by atoms with Crippen LogP contribution >= 0.6 is 11.8 Å². The second-order valence-corrected chi connectivity index (χ2v) is 7.13. The number of ketones is 1. The lowest BCUT2D eigenvalue weighted by molar-refractivity contribution is -0.119. The average molecular weight is 343 g/mol. The Morgan fingerprint density at radius 2 is 1.75 bits per heavy atom. The Balaban J connectivity index is 2.04. The second-order valence-electron chi connectivity index (χ2n) is 5.79. The number of carbonyl (C=O) groups is 1. The molecule has 0 spiro atoms. The third kappa shape index (κ3) is 3.01. The molecule has 2 aromatic rings. The van der Waals surface area contributed by atoms with Crippen LogP contribution in [0.15, 0.2) is 47.4 Å². The summed E-state index contributed by atoms with van der Waals surface area (Å²) in [7, 11) is 3.30. The summed E-state index contributed by atoms with van der Waals surface area (Å²) in [5.74, 6) is 1.75. The van der Waals surface area contributed by atoms with Gasteiger partial charge in [0.1, 0.15) is 16.2 Å². The number of nitrogens with one attached hydrogen (secondary N) is 1. The van der Waals surface area contributed by atoms with Crippen molar-refractivity contribution < 1.29 is 14.3 Å². The van der Waals surface area contributed by atoms with E-state index in [1.807, 2.05) is 42.5 Å². The van der Waals surface area contributed by atoms with Crippen molar-refractivity contribution in [2.24, 2.45) is 0 Å². The number of fused-ring (bicyclic) bond motifs is 1. The first-order valence-corrected chi connectivity index (χ1v) is 8.63. The van der Waals surface area contributed by atoms with Crippen LogP contribution in [0.1, 0.15) is 18.1 Å². The van der Waals surface area contributed by atoms with Gasteiger partial charge in [-0.05, 0) is 48.4 Å². The van der Waals surface area contributed by atoms with Crippen molar-refractivity contribution in [2.45, 2.75) is 23.1 Å². The number of hydrogen-bond donors (Lipinski definition) is 1. The summed E-state index contributed by atoms with van der Waals surface area (Å²) in [6, 6.07) is 13.8. The van der Waals surface area contributed by atoms with Crippen molar-refractivity contribution in [3.63, 3.8) is 0 Å². The van der Waals surface area contributed by atoms with Gasteiger partial charge in [0.2, 0.25) is 0 Å². The molecule has 3 rings (SSSR count). The van der Waals surface area contributed by atoms with Gasteiger partial charge in [-0.15, -0.1) is 11.8 Å². The highest BCUT2D eigenvalue weighted by Crippen LogP contribution is 2.45. The molecule has 126 valence electrons. The van der Waals surface area contributed by atoms with Crippen LogP contribution in [-0.4, -0.2) is 26.5 Å². The minimum Gasteiger partial charge on any atom is -0.497 e. The fourth-order valence-electron chi connectivity index (χ4n) is 2.94. The molecule has 1 aliphatic heterocycles. The van der Waals surface area contributed by atoms with Gasteiger partial charge in [-0.2, -0.15) is 0 Å². The molecule has 1 atom stereocenters. The number of Topliss-reactive ketones (excluding diaryl/α,β-unsaturated/α-hetero) is 1. The molecule has 2 aromatic carbocycles. The van der Waals surface area contributed by atoms with E-state index in [2.05, 4.69) is 5.32 Å². The zero-order chi connectivity index (χ0) is 17.2. The Morgan fingerprint density at radius 3 is 2.38 bits per heavy atom. The topological polar surface area (TPSA) is 47.6 Å². The zero-order valence-corrected chi connectivity index (χ0v) is 14.9. The van der Waals surface area contributed by atoms with E-state index in [4.69, 9.17) is 9.47 Å². The summed E-state index contributed by atoms with van der Waals surface area (Å²) in [5.41, 5.74) is 2.13. The van der Waals surface area contributed by atoms with Gasteiger partial charge in [0, 0.05) is 18.0 Å². The van der Waals surface area contributed by atoms with Crippen LogP contribution in [-0.2, 0) is 16.1 Å². The van der Waals surface area contributed by atoms with Crippen molar-refractivity contribution in [3.8, 4) is 11.5 Å². The molecule has 5 heteroatoms. The third-order valence-corrected chi connectivity index (χ3v) is 6.00. The van der Waals surface area contributed by atoms with Crippen LogP contribution in [0.2, 0.25) is 0 Å². The molecule has 0 amide bonds. The monoisotopic (exact) mass is 343 g/mol. The zero-order valence-electron chi connectivity index (χ0n) is 14.1. The van der Waals surface area contributed by atoms with Crippen LogP contribution in [0.25, 0.3) is 0 Å². The van der Waals surface area contributed by atoms with Crippen LogP contribution < -0.4 is 14.8 Å². The van der Waals surface area contributed by atoms with E-state index in [9.17, 15) is 4.79 Å². The van der Waals surface area contributed by atoms with Gasteiger partial charge >= 0.3 is 0 Å². The summed E-state index contributed by atoms with van der Waals surface area (Å²) in [4.78, 5) is 13.7. The molecule has 0 radical (unpaired) electrons. The van der Waals surface area contributed by atoms with Gasteiger partial charge in [-0.3, -0.25) is 4.79 Å². The molecule has 0 aromatic heterocycles. The Labute approximate surface area is 146 Å². The average Bonchev–Trinajstić information content (AvgIpc) is 2.81. The molecule has 0 saturated heterocycles. The minimum absolute atomic E-state index is 0.133. The SMILES string of the molecule is COc1ccc(C2(C(C)=O)CNCc3cc(OC)ccc3S2)cc1. The Hall–Kier alpha value is -1.98. The molecule has 0 aliphatic carbocycles. The summed E-state index contributed by atoms with van der Waals surface area (Å²) in [6.45, 7) is 2.95. The number of benzene rings is 2. The second kappa shape index (κ2) is 6.87. The van der Waals surface area contributed by atoms with E-state index >= 15 is 0 Å². The van der Waals surface area contributed by atoms with E-state index in [0.29, 0.717) is 13.1 Å². The number of methoxy groups -OCH3 is 2. The number of thioether (sulfide) groups is 1. The third-order valence-electron chi connectivity index (χ3n) is 4.37. The molecular weight excluding hydrogens is 322 g/mol. The predicted octanol–water partition coefficient (Wildman–Crippen LogP) is 3.38. The van der Waals surface area contributed by atoms with Gasteiger partial charge < -0.3 is 14.8 Å². The maximum absolute atomic E-state index is 12.6. The van der Waals surface area contributed by atoms with E-state index in [1.54, 1.807) is 32.9 Å². The molecule has 1 unspecified atom stereocenters. The van der Waals surface area contributed by atoms with Crippen molar-refractivity contribution in [2.75, 3.05) is 20.8 Å². The van der Waals surface area contributed by atoms with Gasteiger partial charge in [0.25, 0.3) is 0 Å². The van der Waals surface area contributed by atoms with Crippen molar-refractivity contribution in [1.82, 2.24) is 5.32 Å². The smallest absolute Gasteiger partial charge is 0.151 e. The predicted molar refractivity (Wildman–Crippen MR) is 95.9 cm³/mol. The fraction of sp³-hybridized carbons (Fsp3) is 0.316. The first kappa shape index (κ1) is 16.9. The lowest BCUT2D eigenvalue weighted by atomic mass is 9.94. The van der Waals surface area contributed by atoms with E-state index in [-0.39, 0.29) is 5.78 Å². The molecule has 1 N–H and O–H groups in total. The Kier molecular flexibility index (Phi) is 4.83. The first-order chi connectivity index (χ1) is 11.6. The van der Waals surface area contributed by atoms with Crippen molar-refractivity contribution in [1.29, 1.82) is 0 Å². The summed E-state index contributed by atoms with van der Waals surface area (Å²) in [6.07, 6.45) is 0. The van der Waals surface area contributed by atoms with Gasteiger partial charge in [-0.1, -0.05) is 12.1 Å². The molecule has 0 bridgehead atoms. The number of hydrogen-bond acceptors (Lipinski definition) is 5. The number of ether oxygens (including phenoxy) is 2. The number of rotatable bonds is 4. The summed E-state index contributed by atoms with van der Waals surface area (Å²) < 4.78 is 9.90. The first-order valence-electron chi connectivity index (χ1n) is 7.81. The van der Waals surface area contributed by atoms with Gasteiger partial charge in [0.05, 0.1) is 14.2 Å². The highest BCUT2D eigenvalue weighted by Gasteiger charge is 2.40. The quantitative estimate of drug-likeness (QED) is 0.922. The van der Waals surface area contributed by atoms with E-state index in [1.165, 1.54) is 0 Å². The molecule has 24 heavy (non-hydrogen) atoms. The highest BCUT2D eigenvalue weighted by molar-refractivity contribution is 8.01. The molecule has 4 nitrogen and oxygen atoms in total. The lowest BCUT2D eigenvalue weighted by Crippen LogP contribution is -2.39. The number of carbonyl (C=O) groups excluding carboxylic acids is 1. The van der Waals surface area contributed by atoms with E-state index in [0.717, 1.165) is 27.5 Å². The Bertz CT molecular complexity index is 745. The molecule has 0 fully saturated rings. The fourth-order valence-corrected chi connectivity index (χ4v) is 4.28. The lowest BCUT2D eigenvalue weighted by Gasteiger charge is -2.30.